The number of morpholine rings is 1. The number of para-hydroxylation sites is 1. The molecule has 0 N–H and O–H groups in total. The number of carbonyl (C=O) groups excluding carboxylic acids is 1. The molecule has 1 aromatic rings. The Hall–Kier alpha value is -1.66. The molecule has 19 heavy (non-hydrogen) atoms. The standard InChI is InChI=1S/C12H13ClN2O4/c1-8-7-19-6-5-14(8)12(16)9-3-2-4-10(13)11(9)15(17)18/h2-4,8H,5-7H2,1H3. The van der Waals surface area contributed by atoms with Crippen molar-refractivity contribution in [2.75, 3.05) is 19.8 Å². The molecule has 7 heteroatoms. The zero-order chi connectivity index (χ0) is 14.0. The average molecular weight is 285 g/mol. The highest BCUT2D eigenvalue weighted by Crippen LogP contribution is 2.29. The zero-order valence-electron chi connectivity index (χ0n) is 10.3. The lowest BCUT2D eigenvalue weighted by Crippen LogP contribution is -2.47. The summed E-state index contributed by atoms with van der Waals surface area (Å²) in [5.74, 6) is -0.384. The molecule has 1 atom stereocenters. The van der Waals surface area contributed by atoms with Crippen molar-refractivity contribution in [1.29, 1.82) is 0 Å². The molecule has 0 saturated carbocycles. The van der Waals surface area contributed by atoms with Crippen LogP contribution in [0.15, 0.2) is 18.2 Å². The fourth-order valence-corrected chi connectivity index (χ4v) is 2.30. The topological polar surface area (TPSA) is 72.7 Å². The minimum atomic E-state index is -0.624. The van der Waals surface area contributed by atoms with E-state index in [-0.39, 0.29) is 28.2 Å². The Balaban J connectivity index is 2.38. The van der Waals surface area contributed by atoms with Crippen molar-refractivity contribution in [2.24, 2.45) is 0 Å². The number of nitro benzene ring substituents is 1. The maximum absolute atomic E-state index is 12.4. The van der Waals surface area contributed by atoms with E-state index in [1.165, 1.54) is 18.2 Å². The second kappa shape index (κ2) is 5.54. The number of hydrogen-bond acceptors (Lipinski definition) is 4. The van der Waals surface area contributed by atoms with E-state index < -0.39 is 4.92 Å². The third-order valence-corrected chi connectivity index (χ3v) is 3.33. The monoisotopic (exact) mass is 284 g/mol. The number of carbonyl (C=O) groups is 1. The summed E-state index contributed by atoms with van der Waals surface area (Å²) >= 11 is 5.81. The summed E-state index contributed by atoms with van der Waals surface area (Å²) in [5, 5.41) is 11.0. The lowest BCUT2D eigenvalue weighted by molar-refractivity contribution is -0.385. The van der Waals surface area contributed by atoms with Gasteiger partial charge in [0, 0.05) is 6.54 Å². The number of halogens is 1. The predicted molar refractivity (Wildman–Crippen MR) is 69.4 cm³/mol. The summed E-state index contributed by atoms with van der Waals surface area (Å²) in [4.78, 5) is 24.4. The van der Waals surface area contributed by atoms with E-state index in [1.54, 1.807) is 4.90 Å². The highest BCUT2D eigenvalue weighted by atomic mass is 35.5. The van der Waals surface area contributed by atoms with Gasteiger partial charge in [-0.3, -0.25) is 14.9 Å². The minimum absolute atomic E-state index is 0.0197. The van der Waals surface area contributed by atoms with Crippen molar-refractivity contribution in [3.05, 3.63) is 38.9 Å². The number of rotatable bonds is 2. The van der Waals surface area contributed by atoms with Crippen molar-refractivity contribution in [3.8, 4) is 0 Å². The molecule has 1 unspecified atom stereocenters. The third kappa shape index (κ3) is 2.69. The van der Waals surface area contributed by atoms with E-state index in [0.29, 0.717) is 19.8 Å². The van der Waals surface area contributed by atoms with Crippen molar-refractivity contribution < 1.29 is 14.5 Å². The van der Waals surface area contributed by atoms with Crippen molar-refractivity contribution >= 4 is 23.2 Å². The highest BCUT2D eigenvalue weighted by molar-refractivity contribution is 6.33. The van der Waals surface area contributed by atoms with Crippen LogP contribution in [0.2, 0.25) is 5.02 Å². The normalized spacial score (nSPS) is 19.3. The van der Waals surface area contributed by atoms with Crippen molar-refractivity contribution in [1.82, 2.24) is 4.90 Å². The summed E-state index contributed by atoms with van der Waals surface area (Å²) in [5.41, 5.74) is -0.320. The summed E-state index contributed by atoms with van der Waals surface area (Å²) in [6, 6.07) is 4.25. The minimum Gasteiger partial charge on any atom is -0.377 e. The van der Waals surface area contributed by atoms with Crippen LogP contribution in [-0.4, -0.2) is 41.5 Å². The molecule has 1 aliphatic heterocycles. The highest BCUT2D eigenvalue weighted by Gasteiger charge is 2.30. The first-order valence-electron chi connectivity index (χ1n) is 5.84. The Morgan fingerprint density at radius 1 is 1.58 bits per heavy atom. The molecule has 1 aromatic carbocycles. The molecule has 6 nitrogen and oxygen atoms in total. The SMILES string of the molecule is CC1COCCN1C(=O)c1cccc(Cl)c1[N+](=O)[O-]. The van der Waals surface area contributed by atoms with Crippen LogP contribution in [0.3, 0.4) is 0 Å². The van der Waals surface area contributed by atoms with E-state index in [1.807, 2.05) is 6.92 Å². The van der Waals surface area contributed by atoms with E-state index in [4.69, 9.17) is 16.3 Å². The molecule has 0 aliphatic carbocycles. The van der Waals surface area contributed by atoms with Gasteiger partial charge in [-0.05, 0) is 19.1 Å². The van der Waals surface area contributed by atoms with Gasteiger partial charge in [-0.2, -0.15) is 0 Å². The summed E-state index contributed by atoms with van der Waals surface area (Å²) in [6.07, 6.45) is 0. The van der Waals surface area contributed by atoms with Crippen molar-refractivity contribution in [3.63, 3.8) is 0 Å². The van der Waals surface area contributed by atoms with Crippen LogP contribution in [0, 0.1) is 10.1 Å². The molecular weight excluding hydrogens is 272 g/mol. The van der Waals surface area contributed by atoms with E-state index in [2.05, 4.69) is 0 Å². The Morgan fingerprint density at radius 3 is 2.95 bits per heavy atom. The fraction of sp³-hybridized carbons (Fsp3) is 0.417. The largest absolute Gasteiger partial charge is 0.377 e. The summed E-state index contributed by atoms with van der Waals surface area (Å²) in [7, 11) is 0. The third-order valence-electron chi connectivity index (χ3n) is 3.03. The first-order valence-corrected chi connectivity index (χ1v) is 6.21. The fourth-order valence-electron chi connectivity index (χ4n) is 2.06. The maximum Gasteiger partial charge on any atom is 0.300 e. The Bertz CT molecular complexity index is 520. The van der Waals surface area contributed by atoms with E-state index in [9.17, 15) is 14.9 Å². The van der Waals surface area contributed by atoms with Gasteiger partial charge in [-0.15, -0.1) is 0 Å². The molecular formula is C12H13ClN2O4. The first-order chi connectivity index (χ1) is 9.02. The van der Waals surface area contributed by atoms with Gasteiger partial charge in [-0.1, -0.05) is 17.7 Å². The first kappa shape index (κ1) is 13.8. The van der Waals surface area contributed by atoms with Crippen LogP contribution in [0.1, 0.15) is 17.3 Å². The van der Waals surface area contributed by atoms with Crippen LogP contribution in [0.4, 0.5) is 5.69 Å². The van der Waals surface area contributed by atoms with Crippen LogP contribution in [-0.2, 0) is 4.74 Å². The lowest BCUT2D eigenvalue weighted by Gasteiger charge is -2.33. The number of benzene rings is 1. The Morgan fingerprint density at radius 2 is 2.32 bits per heavy atom. The molecule has 0 bridgehead atoms. The van der Waals surface area contributed by atoms with Crippen LogP contribution >= 0.6 is 11.6 Å². The van der Waals surface area contributed by atoms with Crippen LogP contribution in [0.25, 0.3) is 0 Å². The van der Waals surface area contributed by atoms with Crippen molar-refractivity contribution in [2.45, 2.75) is 13.0 Å². The van der Waals surface area contributed by atoms with Crippen LogP contribution < -0.4 is 0 Å². The summed E-state index contributed by atoms with van der Waals surface area (Å²) in [6.45, 7) is 3.13. The van der Waals surface area contributed by atoms with Gasteiger partial charge in [0.25, 0.3) is 5.91 Å². The number of hydrogen-bond donors (Lipinski definition) is 0. The molecule has 1 heterocycles. The molecule has 0 aromatic heterocycles. The molecule has 1 fully saturated rings. The van der Waals surface area contributed by atoms with Crippen LogP contribution in [0.5, 0.6) is 0 Å². The van der Waals surface area contributed by atoms with Gasteiger partial charge in [0.05, 0.1) is 24.2 Å². The smallest absolute Gasteiger partial charge is 0.300 e. The number of ether oxygens (including phenoxy) is 1. The molecule has 0 radical (unpaired) electrons. The lowest BCUT2D eigenvalue weighted by atomic mass is 10.1. The molecule has 1 saturated heterocycles. The van der Waals surface area contributed by atoms with Gasteiger partial charge in [0.1, 0.15) is 10.6 Å². The maximum atomic E-state index is 12.4. The van der Waals surface area contributed by atoms with Gasteiger partial charge in [0.2, 0.25) is 0 Å². The van der Waals surface area contributed by atoms with E-state index >= 15 is 0 Å². The quantitative estimate of drug-likeness (QED) is 0.616. The number of nitrogens with zero attached hydrogens (tertiary/aromatic N) is 2. The molecule has 1 aliphatic rings. The molecule has 1 amide bonds. The second-order valence-electron chi connectivity index (χ2n) is 4.32. The molecule has 0 spiro atoms. The molecule has 2 rings (SSSR count). The predicted octanol–water partition coefficient (Wildman–Crippen LogP) is 2.11. The summed E-state index contributed by atoms with van der Waals surface area (Å²) < 4.78 is 5.25. The second-order valence-corrected chi connectivity index (χ2v) is 4.72. The van der Waals surface area contributed by atoms with Gasteiger partial charge in [0.15, 0.2) is 0 Å². The van der Waals surface area contributed by atoms with Gasteiger partial charge >= 0.3 is 5.69 Å². The van der Waals surface area contributed by atoms with Gasteiger partial charge in [-0.25, -0.2) is 0 Å². The Kier molecular flexibility index (Phi) is 4.01. The number of amides is 1. The number of nitro groups is 1. The Labute approximate surface area is 115 Å². The van der Waals surface area contributed by atoms with Gasteiger partial charge < -0.3 is 9.64 Å². The zero-order valence-corrected chi connectivity index (χ0v) is 11.1. The molecule has 102 valence electrons. The van der Waals surface area contributed by atoms with E-state index in [0.717, 1.165) is 0 Å². The average Bonchev–Trinajstić information content (AvgIpc) is 2.37.